The van der Waals surface area contributed by atoms with E-state index in [-0.39, 0.29) is 6.04 Å². The first-order chi connectivity index (χ1) is 16.1. The molecule has 0 amide bonds. The molecular formula is C26H29N5O2. The Morgan fingerprint density at radius 3 is 2.39 bits per heavy atom. The van der Waals surface area contributed by atoms with Crippen LogP contribution < -0.4 is 16.2 Å². The summed E-state index contributed by atoms with van der Waals surface area (Å²) in [6.07, 6.45) is 7.49. The summed E-state index contributed by atoms with van der Waals surface area (Å²) in [7, 11) is 0. The van der Waals surface area contributed by atoms with Crippen molar-refractivity contribution < 1.29 is 9.84 Å². The van der Waals surface area contributed by atoms with E-state index in [2.05, 4.69) is 20.7 Å². The van der Waals surface area contributed by atoms with Crippen molar-refractivity contribution >= 4 is 16.9 Å². The molecule has 0 saturated heterocycles. The number of nitrogens with zero attached hydrogens (tertiary/aromatic N) is 3. The molecule has 4 aromatic rings. The lowest BCUT2D eigenvalue weighted by molar-refractivity contribution is -0.0122. The second-order valence-corrected chi connectivity index (χ2v) is 8.84. The molecule has 1 fully saturated rings. The third kappa shape index (κ3) is 4.29. The first-order valence-corrected chi connectivity index (χ1v) is 11.4. The van der Waals surface area contributed by atoms with Crippen LogP contribution in [0.3, 0.4) is 0 Å². The van der Waals surface area contributed by atoms with Crippen LogP contribution in [0.5, 0.6) is 11.5 Å². The molecule has 0 bridgehead atoms. The maximum Gasteiger partial charge on any atom is 0.146 e. The Morgan fingerprint density at radius 2 is 1.70 bits per heavy atom. The fraction of sp³-hybridized carbons (Fsp3) is 0.308. The summed E-state index contributed by atoms with van der Waals surface area (Å²) in [4.78, 5) is 8.82. The summed E-state index contributed by atoms with van der Waals surface area (Å²) in [6.45, 7) is 0.505. The zero-order valence-electron chi connectivity index (χ0n) is 18.5. The van der Waals surface area contributed by atoms with Gasteiger partial charge in [0.25, 0.3) is 0 Å². The van der Waals surface area contributed by atoms with Gasteiger partial charge in [0.1, 0.15) is 29.3 Å². The van der Waals surface area contributed by atoms with Gasteiger partial charge in [-0.15, -0.1) is 0 Å². The maximum absolute atomic E-state index is 10.8. The van der Waals surface area contributed by atoms with E-state index < -0.39 is 5.60 Å². The molecule has 5 N–H and O–H groups in total. The largest absolute Gasteiger partial charge is 0.457 e. The predicted octanol–water partition coefficient (Wildman–Crippen LogP) is 4.67. The average molecular weight is 444 g/mol. The molecule has 0 spiro atoms. The molecule has 1 saturated carbocycles. The highest BCUT2D eigenvalue weighted by Gasteiger charge is 2.34. The van der Waals surface area contributed by atoms with Crippen LogP contribution in [0.15, 0.2) is 67.1 Å². The number of ether oxygens (including phenoxy) is 1. The van der Waals surface area contributed by atoms with E-state index in [1.165, 1.54) is 6.33 Å². The van der Waals surface area contributed by atoms with Crippen molar-refractivity contribution in [3.05, 3.63) is 67.1 Å². The van der Waals surface area contributed by atoms with Crippen LogP contribution in [-0.4, -0.2) is 31.8 Å². The zero-order chi connectivity index (χ0) is 22.8. The number of nitrogens with two attached hydrogens (primary N) is 2. The van der Waals surface area contributed by atoms with Crippen molar-refractivity contribution in [2.75, 3.05) is 12.3 Å². The molecule has 1 aliphatic rings. The zero-order valence-corrected chi connectivity index (χ0v) is 18.5. The minimum Gasteiger partial charge on any atom is -0.457 e. The summed E-state index contributed by atoms with van der Waals surface area (Å²) in [5, 5.41) is 11.6. The van der Waals surface area contributed by atoms with Gasteiger partial charge in [-0.1, -0.05) is 30.3 Å². The topological polar surface area (TPSA) is 112 Å². The molecule has 170 valence electrons. The van der Waals surface area contributed by atoms with E-state index in [0.29, 0.717) is 18.8 Å². The number of benzene rings is 2. The number of rotatable bonds is 6. The van der Waals surface area contributed by atoms with Crippen molar-refractivity contribution in [3.63, 3.8) is 0 Å². The molecule has 1 aliphatic carbocycles. The first kappa shape index (κ1) is 21.4. The highest BCUT2D eigenvalue weighted by molar-refractivity contribution is 6.00. The minimum absolute atomic E-state index is 0.245. The molecule has 0 atom stereocenters. The van der Waals surface area contributed by atoms with Gasteiger partial charge in [-0.05, 0) is 68.5 Å². The third-order valence-corrected chi connectivity index (χ3v) is 6.67. The number of para-hydroxylation sites is 1. The van der Waals surface area contributed by atoms with E-state index in [1.54, 1.807) is 0 Å². The van der Waals surface area contributed by atoms with Gasteiger partial charge in [-0.2, -0.15) is 0 Å². The Labute approximate surface area is 193 Å². The number of aromatic nitrogens is 3. The molecule has 33 heavy (non-hydrogen) atoms. The van der Waals surface area contributed by atoms with Crippen molar-refractivity contribution in [1.82, 2.24) is 14.5 Å². The maximum atomic E-state index is 10.8. The molecule has 0 radical (unpaired) electrons. The Hall–Kier alpha value is -3.42. The molecule has 5 rings (SSSR count). The van der Waals surface area contributed by atoms with Crippen molar-refractivity contribution in [1.29, 1.82) is 0 Å². The SMILES string of the molecule is NCC[C@]1(O)CC[C@H](n2cc(-c3ccc(Oc4ccccc4)cc3)c3c(N)ncnc32)CC1. The third-order valence-electron chi connectivity index (χ3n) is 6.67. The lowest BCUT2D eigenvalue weighted by Gasteiger charge is -2.36. The van der Waals surface area contributed by atoms with Crippen LogP contribution in [0, 0.1) is 0 Å². The van der Waals surface area contributed by atoms with Gasteiger partial charge in [0, 0.05) is 17.8 Å². The predicted molar refractivity (Wildman–Crippen MR) is 130 cm³/mol. The van der Waals surface area contributed by atoms with Crippen molar-refractivity contribution in [2.45, 2.75) is 43.7 Å². The normalized spacial score (nSPS) is 20.7. The van der Waals surface area contributed by atoms with Gasteiger partial charge in [-0.25, -0.2) is 9.97 Å². The van der Waals surface area contributed by atoms with Crippen LogP contribution >= 0.6 is 0 Å². The Morgan fingerprint density at radius 1 is 1.00 bits per heavy atom. The standard InChI is InChI=1S/C26H29N5O2/c27-15-14-26(32)12-10-19(11-13-26)31-16-22(23-24(28)29-17-30-25(23)31)18-6-8-21(9-7-18)33-20-4-2-1-3-5-20/h1-9,16-17,19,32H,10-15,27H2,(H2,28,29,30)/t19-,26-. The van der Waals surface area contributed by atoms with Crippen LogP contribution in [0.2, 0.25) is 0 Å². The molecule has 0 aliphatic heterocycles. The molecule has 2 heterocycles. The number of anilines is 1. The van der Waals surface area contributed by atoms with Gasteiger partial charge in [-0.3, -0.25) is 0 Å². The van der Waals surface area contributed by atoms with Crippen LogP contribution in [0.1, 0.15) is 38.1 Å². The first-order valence-electron chi connectivity index (χ1n) is 11.4. The summed E-state index contributed by atoms with van der Waals surface area (Å²) in [6, 6.07) is 17.9. The highest BCUT2D eigenvalue weighted by atomic mass is 16.5. The molecule has 2 aromatic heterocycles. The van der Waals surface area contributed by atoms with E-state index in [0.717, 1.165) is 59.3 Å². The van der Waals surface area contributed by atoms with Crippen molar-refractivity contribution in [3.8, 4) is 22.6 Å². The number of aliphatic hydroxyl groups is 1. The van der Waals surface area contributed by atoms with Crippen LogP contribution in [0.25, 0.3) is 22.2 Å². The number of fused-ring (bicyclic) bond motifs is 1. The monoisotopic (exact) mass is 443 g/mol. The number of hydrogen-bond donors (Lipinski definition) is 3. The number of nitrogen functional groups attached to an aromatic ring is 1. The number of hydrogen-bond acceptors (Lipinski definition) is 6. The van der Waals surface area contributed by atoms with Crippen LogP contribution in [-0.2, 0) is 0 Å². The Balaban J connectivity index is 1.46. The molecule has 2 aromatic carbocycles. The summed E-state index contributed by atoms with van der Waals surface area (Å²) >= 11 is 0. The fourth-order valence-corrected chi connectivity index (χ4v) is 4.87. The molecule has 7 nitrogen and oxygen atoms in total. The summed E-state index contributed by atoms with van der Waals surface area (Å²) in [5.74, 6) is 2.03. The van der Waals surface area contributed by atoms with E-state index >= 15 is 0 Å². The Kier molecular flexibility index (Phi) is 5.74. The van der Waals surface area contributed by atoms with Crippen molar-refractivity contribution in [2.24, 2.45) is 5.73 Å². The van der Waals surface area contributed by atoms with Gasteiger partial charge >= 0.3 is 0 Å². The van der Waals surface area contributed by atoms with Crippen LogP contribution in [0.4, 0.5) is 5.82 Å². The second kappa shape index (κ2) is 8.84. The van der Waals surface area contributed by atoms with Gasteiger partial charge < -0.3 is 25.9 Å². The molecule has 7 heteroatoms. The summed E-state index contributed by atoms with van der Waals surface area (Å²) < 4.78 is 8.14. The Bertz CT molecular complexity index is 1230. The average Bonchev–Trinajstić information content (AvgIpc) is 3.22. The lowest BCUT2D eigenvalue weighted by Crippen LogP contribution is -2.36. The van der Waals surface area contributed by atoms with E-state index in [9.17, 15) is 5.11 Å². The van der Waals surface area contributed by atoms with E-state index in [1.807, 2.05) is 54.6 Å². The smallest absolute Gasteiger partial charge is 0.146 e. The lowest BCUT2D eigenvalue weighted by atomic mass is 9.80. The van der Waals surface area contributed by atoms with E-state index in [4.69, 9.17) is 16.2 Å². The minimum atomic E-state index is -0.653. The highest BCUT2D eigenvalue weighted by Crippen LogP contribution is 2.41. The fourth-order valence-electron chi connectivity index (χ4n) is 4.87. The quantitative estimate of drug-likeness (QED) is 0.399. The summed E-state index contributed by atoms with van der Waals surface area (Å²) in [5.41, 5.74) is 14.2. The van der Waals surface area contributed by atoms with Gasteiger partial charge in [0.05, 0.1) is 11.0 Å². The second-order valence-electron chi connectivity index (χ2n) is 8.84. The van der Waals surface area contributed by atoms with Gasteiger partial charge in [0.2, 0.25) is 0 Å². The molecule has 0 unspecified atom stereocenters. The molecular weight excluding hydrogens is 414 g/mol. The van der Waals surface area contributed by atoms with Gasteiger partial charge in [0.15, 0.2) is 0 Å².